The van der Waals surface area contributed by atoms with Crippen LogP contribution in [0, 0.1) is 0 Å². The van der Waals surface area contributed by atoms with Crippen molar-refractivity contribution in [2.24, 2.45) is 0 Å². The van der Waals surface area contributed by atoms with E-state index in [4.69, 9.17) is 14.2 Å². The van der Waals surface area contributed by atoms with Crippen molar-refractivity contribution in [2.45, 2.75) is 12.6 Å². The summed E-state index contributed by atoms with van der Waals surface area (Å²) >= 11 is 0. The van der Waals surface area contributed by atoms with E-state index in [9.17, 15) is 4.79 Å². The first-order valence-electron chi connectivity index (χ1n) is 10.0. The van der Waals surface area contributed by atoms with Gasteiger partial charge in [-0.3, -0.25) is 9.69 Å². The van der Waals surface area contributed by atoms with E-state index < -0.39 is 6.23 Å². The van der Waals surface area contributed by atoms with Gasteiger partial charge in [-0.25, -0.2) is 0 Å². The van der Waals surface area contributed by atoms with Crippen LogP contribution in [0.15, 0.2) is 78.9 Å². The number of carbonyl (C=O) groups is 1. The summed E-state index contributed by atoms with van der Waals surface area (Å²) in [4.78, 5) is 14.3. The number of benzene rings is 3. The zero-order valence-electron chi connectivity index (χ0n) is 17.0. The molecule has 0 aromatic heterocycles. The molecule has 30 heavy (non-hydrogen) atoms. The molecule has 0 bridgehead atoms. The Balaban J connectivity index is 1.61. The molecule has 1 saturated heterocycles. The second-order valence-corrected chi connectivity index (χ2v) is 7.16. The topological polar surface area (TPSA) is 48.0 Å². The maximum Gasteiger partial charge on any atom is 0.251 e. The molecule has 0 spiro atoms. The summed E-state index contributed by atoms with van der Waals surface area (Å²) < 4.78 is 17.1. The van der Waals surface area contributed by atoms with E-state index in [0.717, 1.165) is 12.0 Å². The smallest absolute Gasteiger partial charge is 0.251 e. The minimum Gasteiger partial charge on any atom is -0.493 e. The highest BCUT2D eigenvalue weighted by Gasteiger charge is 2.30. The minimum absolute atomic E-state index is 0.0673. The van der Waals surface area contributed by atoms with Crippen LogP contribution in [0.3, 0.4) is 0 Å². The lowest BCUT2D eigenvalue weighted by atomic mass is 10.0. The highest BCUT2D eigenvalue weighted by molar-refractivity contribution is 5.78. The van der Waals surface area contributed by atoms with E-state index >= 15 is 0 Å². The van der Waals surface area contributed by atoms with Gasteiger partial charge in [0, 0.05) is 12.1 Å². The standard InChI is InChI=1S/C25H25NO4/c1-28-22-9-5-6-10-23(22)30-25(26-15-16-29-18-24(26)27)21-13-11-20(12-14-21)17-19-7-3-2-4-8-19/h2-14,25H,15-18H2,1H3. The second-order valence-electron chi connectivity index (χ2n) is 7.16. The number of para-hydroxylation sites is 2. The molecule has 1 heterocycles. The Morgan fingerprint density at radius 2 is 1.57 bits per heavy atom. The van der Waals surface area contributed by atoms with Gasteiger partial charge < -0.3 is 14.2 Å². The SMILES string of the molecule is COc1ccccc1OC(c1ccc(Cc2ccccc2)cc1)N1CCOCC1=O. The quantitative estimate of drug-likeness (QED) is 0.593. The zero-order chi connectivity index (χ0) is 20.8. The maximum atomic E-state index is 12.6. The average molecular weight is 403 g/mol. The number of hydrogen-bond donors (Lipinski definition) is 0. The molecule has 0 aliphatic carbocycles. The molecule has 0 radical (unpaired) electrons. The summed E-state index contributed by atoms with van der Waals surface area (Å²) in [5, 5.41) is 0. The van der Waals surface area contributed by atoms with E-state index in [1.807, 2.05) is 54.6 Å². The van der Waals surface area contributed by atoms with Crippen LogP contribution in [0.1, 0.15) is 22.9 Å². The van der Waals surface area contributed by atoms with Crippen LogP contribution in [-0.2, 0) is 16.0 Å². The van der Waals surface area contributed by atoms with Crippen LogP contribution in [-0.4, -0.2) is 37.7 Å². The van der Waals surface area contributed by atoms with E-state index in [2.05, 4.69) is 24.3 Å². The molecule has 3 aromatic rings. The van der Waals surface area contributed by atoms with Gasteiger partial charge in [-0.2, -0.15) is 0 Å². The van der Waals surface area contributed by atoms with E-state index in [-0.39, 0.29) is 12.5 Å². The molecule has 1 atom stereocenters. The Labute approximate surface area is 176 Å². The Hall–Kier alpha value is -3.31. The number of nitrogens with zero attached hydrogens (tertiary/aromatic N) is 1. The predicted octanol–water partition coefficient (Wildman–Crippen LogP) is 4.22. The van der Waals surface area contributed by atoms with Gasteiger partial charge in [-0.1, -0.05) is 66.7 Å². The fraction of sp³-hybridized carbons (Fsp3) is 0.240. The maximum absolute atomic E-state index is 12.6. The van der Waals surface area contributed by atoms with Crippen LogP contribution in [0.25, 0.3) is 0 Å². The van der Waals surface area contributed by atoms with Crippen LogP contribution >= 0.6 is 0 Å². The number of rotatable bonds is 7. The molecule has 154 valence electrons. The predicted molar refractivity (Wildman–Crippen MR) is 115 cm³/mol. The Morgan fingerprint density at radius 1 is 0.900 bits per heavy atom. The number of hydrogen-bond acceptors (Lipinski definition) is 4. The molecule has 5 heteroatoms. The van der Waals surface area contributed by atoms with Gasteiger partial charge in [0.25, 0.3) is 5.91 Å². The normalized spacial score (nSPS) is 15.0. The molecule has 0 N–H and O–H groups in total. The first kappa shape index (κ1) is 20.0. The third kappa shape index (κ3) is 4.63. The molecule has 1 aliphatic heterocycles. The van der Waals surface area contributed by atoms with Crippen molar-refractivity contribution in [2.75, 3.05) is 26.9 Å². The van der Waals surface area contributed by atoms with Gasteiger partial charge in [-0.05, 0) is 29.7 Å². The molecule has 1 unspecified atom stereocenters. The first-order valence-corrected chi connectivity index (χ1v) is 10.0. The van der Waals surface area contributed by atoms with Crippen molar-refractivity contribution < 1.29 is 19.0 Å². The van der Waals surface area contributed by atoms with Crippen molar-refractivity contribution in [1.82, 2.24) is 4.90 Å². The molecule has 1 fully saturated rings. The Bertz CT molecular complexity index is 972. The minimum atomic E-state index is -0.552. The van der Waals surface area contributed by atoms with Gasteiger partial charge in [0.05, 0.1) is 13.7 Å². The third-order valence-electron chi connectivity index (χ3n) is 5.13. The van der Waals surface area contributed by atoms with Crippen molar-refractivity contribution in [1.29, 1.82) is 0 Å². The second kappa shape index (κ2) is 9.46. The largest absolute Gasteiger partial charge is 0.493 e. The molecule has 4 rings (SSSR count). The molecule has 0 saturated carbocycles. The lowest BCUT2D eigenvalue weighted by molar-refractivity contribution is -0.153. The van der Waals surface area contributed by atoms with Gasteiger partial charge in [0.1, 0.15) is 6.61 Å². The molecule has 5 nitrogen and oxygen atoms in total. The fourth-order valence-corrected chi connectivity index (χ4v) is 3.56. The van der Waals surface area contributed by atoms with Crippen LogP contribution < -0.4 is 9.47 Å². The van der Waals surface area contributed by atoms with Crippen molar-refractivity contribution in [3.8, 4) is 11.5 Å². The summed E-state index contributed by atoms with van der Waals surface area (Å²) in [6, 6.07) is 26.1. The van der Waals surface area contributed by atoms with Gasteiger partial charge in [0.2, 0.25) is 6.23 Å². The van der Waals surface area contributed by atoms with Crippen LogP contribution in [0.2, 0.25) is 0 Å². The molecule has 1 amide bonds. The van der Waals surface area contributed by atoms with Crippen LogP contribution in [0.4, 0.5) is 0 Å². The summed E-state index contributed by atoms with van der Waals surface area (Å²) in [5.41, 5.74) is 3.37. The molecular weight excluding hydrogens is 378 g/mol. The number of morpholine rings is 1. The number of amides is 1. The van der Waals surface area contributed by atoms with Crippen molar-refractivity contribution in [3.63, 3.8) is 0 Å². The Kier molecular flexibility index (Phi) is 6.30. The number of methoxy groups -OCH3 is 1. The van der Waals surface area contributed by atoms with Crippen LogP contribution in [0.5, 0.6) is 11.5 Å². The number of ether oxygens (including phenoxy) is 3. The summed E-state index contributed by atoms with van der Waals surface area (Å²) in [6.45, 7) is 1.03. The fourth-order valence-electron chi connectivity index (χ4n) is 3.56. The summed E-state index contributed by atoms with van der Waals surface area (Å²) in [7, 11) is 1.61. The lowest BCUT2D eigenvalue weighted by Gasteiger charge is -2.35. The van der Waals surface area contributed by atoms with E-state index in [1.54, 1.807) is 12.0 Å². The van der Waals surface area contributed by atoms with E-state index in [1.165, 1.54) is 11.1 Å². The highest BCUT2D eigenvalue weighted by Crippen LogP contribution is 2.33. The molecule has 1 aliphatic rings. The third-order valence-corrected chi connectivity index (χ3v) is 5.13. The average Bonchev–Trinajstić information content (AvgIpc) is 2.80. The summed E-state index contributed by atoms with van der Waals surface area (Å²) in [6.07, 6.45) is 0.304. The van der Waals surface area contributed by atoms with E-state index in [0.29, 0.717) is 24.7 Å². The van der Waals surface area contributed by atoms with Gasteiger partial charge in [-0.15, -0.1) is 0 Å². The molecular formula is C25H25NO4. The highest BCUT2D eigenvalue weighted by atomic mass is 16.5. The number of carbonyl (C=O) groups excluding carboxylic acids is 1. The summed E-state index contributed by atoms with van der Waals surface area (Å²) in [5.74, 6) is 1.14. The Morgan fingerprint density at radius 3 is 2.27 bits per heavy atom. The zero-order valence-corrected chi connectivity index (χ0v) is 17.0. The van der Waals surface area contributed by atoms with Crippen molar-refractivity contribution in [3.05, 3.63) is 95.6 Å². The molecule has 3 aromatic carbocycles. The monoisotopic (exact) mass is 403 g/mol. The van der Waals surface area contributed by atoms with Crippen molar-refractivity contribution >= 4 is 5.91 Å². The first-order chi connectivity index (χ1) is 14.7. The van der Waals surface area contributed by atoms with Gasteiger partial charge >= 0.3 is 0 Å². The van der Waals surface area contributed by atoms with Gasteiger partial charge in [0.15, 0.2) is 11.5 Å². The lowest BCUT2D eigenvalue weighted by Crippen LogP contribution is -2.45.